The van der Waals surface area contributed by atoms with Gasteiger partial charge in [-0.2, -0.15) is 5.10 Å². The molecule has 0 unspecified atom stereocenters. The first-order chi connectivity index (χ1) is 16.1. The van der Waals surface area contributed by atoms with Crippen molar-refractivity contribution >= 4 is 16.9 Å². The van der Waals surface area contributed by atoms with Crippen molar-refractivity contribution < 1.29 is 14.3 Å². The molecule has 5 rings (SSSR count). The van der Waals surface area contributed by atoms with E-state index in [1.54, 1.807) is 4.68 Å². The van der Waals surface area contributed by atoms with Crippen molar-refractivity contribution in [3.05, 3.63) is 52.8 Å². The third-order valence-corrected chi connectivity index (χ3v) is 6.36. The SMILES string of the molecule is Cc1nn(C)c2nc(C3CC3)cc(C(=O)NCc3cccc(OCCN4CCOCC4)c3)c12. The summed E-state index contributed by atoms with van der Waals surface area (Å²) in [6.45, 7) is 7.37. The fourth-order valence-electron chi connectivity index (χ4n) is 4.37. The molecule has 2 aromatic heterocycles. The van der Waals surface area contributed by atoms with Gasteiger partial charge in [0.05, 0.1) is 29.9 Å². The highest BCUT2D eigenvalue weighted by atomic mass is 16.5. The second kappa shape index (κ2) is 9.49. The van der Waals surface area contributed by atoms with Crippen molar-refractivity contribution in [3.8, 4) is 5.75 Å². The zero-order chi connectivity index (χ0) is 22.8. The third-order valence-electron chi connectivity index (χ3n) is 6.36. The van der Waals surface area contributed by atoms with E-state index in [-0.39, 0.29) is 5.91 Å². The summed E-state index contributed by atoms with van der Waals surface area (Å²) in [7, 11) is 1.88. The number of amides is 1. The van der Waals surface area contributed by atoms with E-state index in [1.807, 2.05) is 44.3 Å². The molecule has 3 aromatic rings. The number of benzene rings is 1. The minimum Gasteiger partial charge on any atom is -0.492 e. The zero-order valence-corrected chi connectivity index (χ0v) is 19.3. The van der Waals surface area contributed by atoms with Crippen molar-refractivity contribution in [3.63, 3.8) is 0 Å². The van der Waals surface area contributed by atoms with Crippen LogP contribution in [0.4, 0.5) is 0 Å². The van der Waals surface area contributed by atoms with Crippen molar-refractivity contribution in [1.82, 2.24) is 25.0 Å². The number of hydrogen-bond acceptors (Lipinski definition) is 6. The van der Waals surface area contributed by atoms with Crippen LogP contribution in [0.1, 0.15) is 46.1 Å². The topological polar surface area (TPSA) is 81.5 Å². The van der Waals surface area contributed by atoms with E-state index in [4.69, 9.17) is 14.5 Å². The predicted octanol–water partition coefficient (Wildman–Crippen LogP) is 2.80. The highest BCUT2D eigenvalue weighted by Crippen LogP contribution is 2.40. The largest absolute Gasteiger partial charge is 0.492 e. The Morgan fingerprint density at radius 2 is 2.06 bits per heavy atom. The maximum atomic E-state index is 13.2. The summed E-state index contributed by atoms with van der Waals surface area (Å²) < 4.78 is 13.1. The number of carbonyl (C=O) groups excluding carboxylic acids is 1. The molecule has 174 valence electrons. The minimum atomic E-state index is -0.0981. The average Bonchev–Trinajstić information content (AvgIpc) is 3.64. The van der Waals surface area contributed by atoms with E-state index in [1.165, 1.54) is 0 Å². The Hall–Kier alpha value is -2.97. The Labute approximate surface area is 193 Å². The molecule has 2 aliphatic rings. The number of ether oxygens (including phenoxy) is 2. The van der Waals surface area contributed by atoms with Gasteiger partial charge in [0.15, 0.2) is 5.65 Å². The Bertz CT molecular complexity index is 1150. The van der Waals surface area contributed by atoms with Crippen molar-refractivity contribution in [1.29, 1.82) is 0 Å². The van der Waals surface area contributed by atoms with Gasteiger partial charge in [0.1, 0.15) is 12.4 Å². The van der Waals surface area contributed by atoms with Crippen LogP contribution in [-0.2, 0) is 18.3 Å². The molecule has 1 N–H and O–H groups in total. The lowest BCUT2D eigenvalue weighted by atomic mass is 10.1. The Kier molecular flexibility index (Phi) is 6.28. The number of pyridine rings is 1. The molecule has 0 spiro atoms. The molecule has 0 atom stereocenters. The maximum absolute atomic E-state index is 13.2. The first-order valence-corrected chi connectivity index (χ1v) is 11.7. The summed E-state index contributed by atoms with van der Waals surface area (Å²) in [5.74, 6) is 1.18. The standard InChI is InChI=1S/C25H31N5O3/c1-17-23-21(15-22(19-6-7-19)27-24(23)29(2)28-17)25(31)26-16-18-4-3-5-20(14-18)33-13-10-30-8-11-32-12-9-30/h3-5,14-15,19H,6-13,16H2,1-2H3,(H,26,31). The number of morpholine rings is 1. The van der Waals surface area contributed by atoms with Gasteiger partial charge in [-0.15, -0.1) is 0 Å². The zero-order valence-electron chi connectivity index (χ0n) is 19.3. The van der Waals surface area contributed by atoms with Gasteiger partial charge < -0.3 is 14.8 Å². The van der Waals surface area contributed by atoms with Crippen LogP contribution in [0.2, 0.25) is 0 Å². The lowest BCUT2D eigenvalue weighted by Crippen LogP contribution is -2.38. The Morgan fingerprint density at radius 1 is 1.24 bits per heavy atom. The van der Waals surface area contributed by atoms with Crippen LogP contribution in [-0.4, -0.2) is 65.0 Å². The van der Waals surface area contributed by atoms with Gasteiger partial charge in [-0.25, -0.2) is 4.98 Å². The van der Waals surface area contributed by atoms with Crippen molar-refractivity contribution in [2.45, 2.75) is 32.2 Å². The summed E-state index contributed by atoms with van der Waals surface area (Å²) in [4.78, 5) is 20.3. The van der Waals surface area contributed by atoms with E-state index in [0.717, 1.165) is 79.4 Å². The van der Waals surface area contributed by atoms with Gasteiger partial charge >= 0.3 is 0 Å². The molecule has 8 heteroatoms. The van der Waals surface area contributed by atoms with Gasteiger partial charge in [-0.3, -0.25) is 14.4 Å². The molecule has 8 nitrogen and oxygen atoms in total. The number of aryl methyl sites for hydroxylation is 2. The van der Waals surface area contributed by atoms with Gasteiger partial charge in [-0.1, -0.05) is 12.1 Å². The Morgan fingerprint density at radius 3 is 2.85 bits per heavy atom. The molecule has 3 heterocycles. The number of aromatic nitrogens is 3. The smallest absolute Gasteiger partial charge is 0.252 e. The molecule has 1 aliphatic heterocycles. The van der Waals surface area contributed by atoms with Crippen LogP contribution < -0.4 is 10.1 Å². The predicted molar refractivity (Wildman–Crippen MR) is 126 cm³/mol. The number of nitrogens with zero attached hydrogens (tertiary/aromatic N) is 4. The number of rotatable bonds is 8. The molecule has 0 radical (unpaired) electrons. The van der Waals surface area contributed by atoms with Crippen LogP contribution >= 0.6 is 0 Å². The number of nitrogens with one attached hydrogen (secondary N) is 1. The summed E-state index contributed by atoms with van der Waals surface area (Å²) in [6.07, 6.45) is 2.27. The van der Waals surface area contributed by atoms with Crippen molar-refractivity contribution in [2.75, 3.05) is 39.5 Å². The molecular formula is C25H31N5O3. The fourth-order valence-corrected chi connectivity index (χ4v) is 4.37. The molecule has 0 bridgehead atoms. The lowest BCUT2D eigenvalue weighted by molar-refractivity contribution is 0.0322. The van der Waals surface area contributed by atoms with Gasteiger partial charge in [-0.05, 0) is 43.5 Å². The van der Waals surface area contributed by atoms with E-state index in [0.29, 0.717) is 24.6 Å². The molecule has 1 saturated carbocycles. The van der Waals surface area contributed by atoms with Crippen molar-refractivity contribution in [2.24, 2.45) is 7.05 Å². The number of carbonyl (C=O) groups is 1. The minimum absolute atomic E-state index is 0.0981. The average molecular weight is 450 g/mol. The first kappa shape index (κ1) is 21.9. The molecule has 33 heavy (non-hydrogen) atoms. The summed E-state index contributed by atoms with van der Waals surface area (Å²) >= 11 is 0. The van der Waals surface area contributed by atoms with E-state index in [2.05, 4.69) is 15.3 Å². The van der Waals surface area contributed by atoms with Crippen LogP contribution in [0, 0.1) is 6.92 Å². The van der Waals surface area contributed by atoms with Crippen LogP contribution in [0.5, 0.6) is 5.75 Å². The summed E-state index contributed by atoms with van der Waals surface area (Å²) in [5.41, 5.74) is 4.25. The highest BCUT2D eigenvalue weighted by molar-refractivity contribution is 6.06. The first-order valence-electron chi connectivity index (χ1n) is 11.7. The molecule has 2 fully saturated rings. The third kappa shape index (κ3) is 5.02. The summed E-state index contributed by atoms with van der Waals surface area (Å²) in [6, 6.07) is 9.87. The maximum Gasteiger partial charge on any atom is 0.252 e. The molecule has 1 aromatic carbocycles. The van der Waals surface area contributed by atoms with Crippen LogP contribution in [0.25, 0.3) is 11.0 Å². The Balaban J connectivity index is 1.24. The second-order valence-electron chi connectivity index (χ2n) is 8.91. The van der Waals surface area contributed by atoms with Crippen LogP contribution in [0.3, 0.4) is 0 Å². The lowest BCUT2D eigenvalue weighted by Gasteiger charge is -2.26. The van der Waals surface area contributed by atoms with E-state index >= 15 is 0 Å². The van der Waals surface area contributed by atoms with Gasteiger partial charge in [0.2, 0.25) is 0 Å². The quantitative estimate of drug-likeness (QED) is 0.570. The van der Waals surface area contributed by atoms with Crippen LogP contribution in [0.15, 0.2) is 30.3 Å². The second-order valence-corrected chi connectivity index (χ2v) is 8.91. The number of hydrogen-bond donors (Lipinski definition) is 1. The van der Waals surface area contributed by atoms with Gasteiger partial charge in [0.25, 0.3) is 5.91 Å². The normalized spacial score (nSPS) is 16.8. The molecule has 1 amide bonds. The molecule has 1 saturated heterocycles. The molecule has 1 aliphatic carbocycles. The fraction of sp³-hybridized carbons (Fsp3) is 0.480. The van der Waals surface area contributed by atoms with E-state index in [9.17, 15) is 4.79 Å². The molecular weight excluding hydrogens is 418 g/mol. The summed E-state index contributed by atoms with van der Waals surface area (Å²) in [5, 5.41) is 8.41. The number of fused-ring (bicyclic) bond motifs is 1. The van der Waals surface area contributed by atoms with E-state index < -0.39 is 0 Å². The van der Waals surface area contributed by atoms with Gasteiger partial charge in [0, 0.05) is 44.8 Å². The monoisotopic (exact) mass is 449 g/mol. The highest BCUT2D eigenvalue weighted by Gasteiger charge is 2.28.